The summed E-state index contributed by atoms with van der Waals surface area (Å²) in [6, 6.07) is 0. The summed E-state index contributed by atoms with van der Waals surface area (Å²) in [7, 11) is 0. The summed E-state index contributed by atoms with van der Waals surface area (Å²) in [4.78, 5) is 0. The number of unbranched alkanes of at least 4 members (excludes halogenated alkanes) is 5. The summed E-state index contributed by atoms with van der Waals surface area (Å²) in [6.07, 6.45) is 8.21. The van der Waals surface area contributed by atoms with E-state index in [1.54, 1.807) is 0 Å². The molecule has 5 heteroatoms. The molecule has 0 spiro atoms. The Balaban J connectivity index is 2.08. The Labute approximate surface area is 127 Å². The number of rotatable bonds is 11. The van der Waals surface area contributed by atoms with Gasteiger partial charge in [0.05, 0.1) is 13.2 Å². The summed E-state index contributed by atoms with van der Waals surface area (Å²) in [5, 5.41) is 28.4. The molecule has 1 aliphatic heterocycles. The van der Waals surface area contributed by atoms with E-state index in [9.17, 15) is 10.2 Å². The first kappa shape index (κ1) is 18.6. The van der Waals surface area contributed by atoms with Gasteiger partial charge in [-0.3, -0.25) is 0 Å². The lowest BCUT2D eigenvalue weighted by atomic mass is 10.1. The predicted octanol–water partition coefficient (Wildman–Crippen LogP) is 1.40. The van der Waals surface area contributed by atoms with Crippen molar-refractivity contribution in [3.63, 3.8) is 0 Å². The van der Waals surface area contributed by atoms with Crippen molar-refractivity contribution >= 4 is 0 Å². The molecular formula is C16H30O5. The van der Waals surface area contributed by atoms with Crippen LogP contribution in [0, 0.1) is 0 Å². The third-order valence-electron chi connectivity index (χ3n) is 3.79. The summed E-state index contributed by atoms with van der Waals surface area (Å²) in [5.74, 6) is 0. The minimum absolute atomic E-state index is 0.150. The molecule has 0 saturated carbocycles. The average molecular weight is 302 g/mol. The molecular weight excluding hydrogens is 272 g/mol. The lowest BCUT2D eigenvalue weighted by molar-refractivity contribution is -0.0938. The van der Waals surface area contributed by atoms with Gasteiger partial charge in [-0.15, -0.1) is 0 Å². The Kier molecular flexibility index (Phi) is 9.87. The summed E-state index contributed by atoms with van der Waals surface area (Å²) >= 11 is 0. The third-order valence-corrected chi connectivity index (χ3v) is 3.79. The van der Waals surface area contributed by atoms with Crippen LogP contribution in [0.4, 0.5) is 0 Å². The second-order valence-electron chi connectivity index (χ2n) is 5.58. The van der Waals surface area contributed by atoms with E-state index in [-0.39, 0.29) is 13.2 Å². The highest BCUT2D eigenvalue weighted by molar-refractivity contribution is 4.89. The van der Waals surface area contributed by atoms with E-state index in [2.05, 4.69) is 12.2 Å². The maximum atomic E-state index is 9.78. The fraction of sp³-hybridized carbons (Fsp3) is 0.875. The average Bonchev–Trinajstić information content (AvgIpc) is 2.86. The Bertz CT molecular complexity index is 282. The third kappa shape index (κ3) is 6.89. The van der Waals surface area contributed by atoms with Crippen molar-refractivity contribution in [1.29, 1.82) is 0 Å². The monoisotopic (exact) mass is 302 g/mol. The van der Waals surface area contributed by atoms with Gasteiger partial charge in [-0.1, -0.05) is 31.4 Å². The van der Waals surface area contributed by atoms with Crippen LogP contribution < -0.4 is 0 Å². The van der Waals surface area contributed by atoms with E-state index >= 15 is 0 Å². The van der Waals surface area contributed by atoms with Crippen molar-refractivity contribution in [1.82, 2.24) is 0 Å². The highest BCUT2D eigenvalue weighted by Crippen LogP contribution is 2.21. The molecule has 1 rings (SSSR count). The molecule has 5 nitrogen and oxygen atoms in total. The van der Waals surface area contributed by atoms with Gasteiger partial charge in [0.2, 0.25) is 0 Å². The zero-order chi connectivity index (χ0) is 15.5. The molecule has 1 heterocycles. The predicted molar refractivity (Wildman–Crippen MR) is 81.1 cm³/mol. The summed E-state index contributed by atoms with van der Waals surface area (Å²) < 4.78 is 10.9. The second-order valence-corrected chi connectivity index (χ2v) is 5.58. The number of aliphatic hydroxyl groups excluding tert-OH is 3. The molecule has 3 N–H and O–H groups in total. The van der Waals surface area contributed by atoms with Crippen LogP contribution in [-0.4, -0.2) is 59.6 Å². The van der Waals surface area contributed by atoms with Crippen LogP contribution in [-0.2, 0) is 9.47 Å². The van der Waals surface area contributed by atoms with Gasteiger partial charge in [-0.25, -0.2) is 0 Å². The minimum atomic E-state index is -1.00. The van der Waals surface area contributed by atoms with Crippen LogP contribution in [0.15, 0.2) is 12.2 Å². The Morgan fingerprint density at radius 1 is 1.24 bits per heavy atom. The molecule has 1 saturated heterocycles. The molecule has 4 atom stereocenters. The normalized spacial score (nSPS) is 27.5. The van der Waals surface area contributed by atoms with Crippen LogP contribution in [0.1, 0.15) is 45.4 Å². The quantitative estimate of drug-likeness (QED) is 0.397. The standard InChI is InChI=1S/C16H30O5/c1-2-3-4-5-6-7-8-9-10-20-16-14(19)12-21-15(16)13(18)11-17/h2-3,13-19H,4-12H2,1H3/b3-2+/t13-,14+,15+,16+/m1/s1. The van der Waals surface area contributed by atoms with E-state index in [1.165, 1.54) is 19.3 Å². The number of ether oxygens (including phenoxy) is 2. The molecule has 0 radical (unpaired) electrons. The molecule has 0 amide bonds. The van der Waals surface area contributed by atoms with E-state index in [4.69, 9.17) is 14.6 Å². The zero-order valence-electron chi connectivity index (χ0n) is 13.0. The lowest BCUT2D eigenvalue weighted by Crippen LogP contribution is -2.42. The van der Waals surface area contributed by atoms with E-state index in [0.717, 1.165) is 19.3 Å². The Morgan fingerprint density at radius 3 is 2.67 bits per heavy atom. The molecule has 0 bridgehead atoms. The smallest absolute Gasteiger partial charge is 0.114 e. The number of aliphatic hydroxyl groups is 3. The SMILES string of the molecule is C/C=C/CCCCCCCO[C@@H]1[C@H]([C@H](O)CO)OC[C@@H]1O. The van der Waals surface area contributed by atoms with Crippen LogP contribution in [0.5, 0.6) is 0 Å². The number of hydrogen-bond acceptors (Lipinski definition) is 5. The first-order valence-corrected chi connectivity index (χ1v) is 8.02. The molecule has 1 aliphatic rings. The topological polar surface area (TPSA) is 79.2 Å². The summed E-state index contributed by atoms with van der Waals surface area (Å²) in [5.41, 5.74) is 0. The number of allylic oxidation sites excluding steroid dienone is 2. The highest BCUT2D eigenvalue weighted by atomic mass is 16.6. The fourth-order valence-electron chi connectivity index (χ4n) is 2.54. The van der Waals surface area contributed by atoms with Crippen molar-refractivity contribution in [3.05, 3.63) is 12.2 Å². The molecule has 1 fully saturated rings. The van der Waals surface area contributed by atoms with Crippen LogP contribution in [0.25, 0.3) is 0 Å². The summed E-state index contributed by atoms with van der Waals surface area (Å²) in [6.45, 7) is 2.36. The largest absolute Gasteiger partial charge is 0.394 e. The molecule has 21 heavy (non-hydrogen) atoms. The van der Waals surface area contributed by atoms with Gasteiger partial charge >= 0.3 is 0 Å². The highest BCUT2D eigenvalue weighted by Gasteiger charge is 2.40. The van der Waals surface area contributed by atoms with Crippen LogP contribution in [0.3, 0.4) is 0 Å². The van der Waals surface area contributed by atoms with Crippen LogP contribution >= 0.6 is 0 Å². The van der Waals surface area contributed by atoms with Gasteiger partial charge < -0.3 is 24.8 Å². The van der Waals surface area contributed by atoms with Gasteiger partial charge in [-0.2, -0.15) is 0 Å². The molecule has 0 aliphatic carbocycles. The van der Waals surface area contributed by atoms with Gasteiger partial charge in [0.1, 0.15) is 24.4 Å². The van der Waals surface area contributed by atoms with Crippen molar-refractivity contribution in [2.24, 2.45) is 0 Å². The Hall–Kier alpha value is -0.460. The fourth-order valence-corrected chi connectivity index (χ4v) is 2.54. The molecule has 124 valence electrons. The van der Waals surface area contributed by atoms with E-state index in [0.29, 0.717) is 6.61 Å². The number of hydrogen-bond donors (Lipinski definition) is 3. The molecule has 0 aromatic heterocycles. The first-order chi connectivity index (χ1) is 10.2. The van der Waals surface area contributed by atoms with Gasteiger partial charge in [0.15, 0.2) is 0 Å². The zero-order valence-corrected chi connectivity index (χ0v) is 13.0. The van der Waals surface area contributed by atoms with Crippen molar-refractivity contribution in [2.45, 2.75) is 69.9 Å². The lowest BCUT2D eigenvalue weighted by Gasteiger charge is -2.23. The van der Waals surface area contributed by atoms with E-state index < -0.39 is 24.4 Å². The van der Waals surface area contributed by atoms with Gasteiger partial charge in [0, 0.05) is 6.61 Å². The first-order valence-electron chi connectivity index (χ1n) is 8.02. The van der Waals surface area contributed by atoms with E-state index in [1.807, 2.05) is 6.92 Å². The minimum Gasteiger partial charge on any atom is -0.394 e. The second kappa shape index (κ2) is 11.2. The van der Waals surface area contributed by atoms with Crippen molar-refractivity contribution in [2.75, 3.05) is 19.8 Å². The molecule has 0 aromatic rings. The van der Waals surface area contributed by atoms with Gasteiger partial charge in [-0.05, 0) is 26.2 Å². The van der Waals surface area contributed by atoms with Gasteiger partial charge in [0.25, 0.3) is 0 Å². The van der Waals surface area contributed by atoms with Crippen molar-refractivity contribution in [3.8, 4) is 0 Å². The maximum Gasteiger partial charge on any atom is 0.114 e. The van der Waals surface area contributed by atoms with Crippen molar-refractivity contribution < 1.29 is 24.8 Å². The maximum absolute atomic E-state index is 9.78. The Morgan fingerprint density at radius 2 is 1.95 bits per heavy atom. The van der Waals surface area contributed by atoms with Crippen LogP contribution in [0.2, 0.25) is 0 Å². The molecule has 0 unspecified atom stereocenters. The molecule has 0 aromatic carbocycles.